The second-order valence-electron chi connectivity index (χ2n) is 5.37. The van der Waals surface area contributed by atoms with Crippen molar-refractivity contribution in [3.05, 3.63) is 69.7 Å². The molecule has 0 amide bonds. The van der Waals surface area contributed by atoms with Crippen molar-refractivity contribution < 1.29 is 4.79 Å². The smallest absolute Gasteiger partial charge is 0.147 e. The largest absolute Gasteiger partial charge is 0.298 e. The monoisotopic (exact) mass is 334 g/mol. The zero-order chi connectivity index (χ0) is 16.1. The Kier molecular flexibility index (Phi) is 6.05. The Morgan fingerprint density at radius 3 is 1.50 bits per heavy atom. The summed E-state index contributed by atoms with van der Waals surface area (Å²) in [6.07, 6.45) is 1.45. The molecule has 2 atom stereocenters. The van der Waals surface area contributed by atoms with Gasteiger partial charge in [0.25, 0.3) is 0 Å². The van der Waals surface area contributed by atoms with E-state index in [4.69, 9.17) is 23.2 Å². The van der Waals surface area contributed by atoms with Crippen molar-refractivity contribution in [3.63, 3.8) is 0 Å². The minimum Gasteiger partial charge on any atom is -0.298 e. The summed E-state index contributed by atoms with van der Waals surface area (Å²) >= 11 is 12.6. The molecule has 0 aliphatic rings. The molecule has 0 aliphatic heterocycles. The van der Waals surface area contributed by atoms with Gasteiger partial charge in [-0.05, 0) is 36.1 Å². The quantitative estimate of drug-likeness (QED) is 0.610. The number of hydrogen-bond donors (Lipinski definition) is 0. The minimum atomic E-state index is -0.199. The fourth-order valence-corrected chi connectivity index (χ4v) is 3.44. The highest BCUT2D eigenvalue weighted by Gasteiger charge is 2.29. The van der Waals surface area contributed by atoms with Gasteiger partial charge >= 0.3 is 0 Å². The Bertz CT molecular complexity index is 596. The van der Waals surface area contributed by atoms with Crippen LogP contribution < -0.4 is 0 Å². The summed E-state index contributed by atoms with van der Waals surface area (Å²) in [6.45, 7) is 4.04. The first-order valence-electron chi connectivity index (χ1n) is 7.62. The van der Waals surface area contributed by atoms with Crippen LogP contribution in [0.25, 0.3) is 0 Å². The van der Waals surface area contributed by atoms with Crippen LogP contribution in [-0.4, -0.2) is 5.78 Å². The Morgan fingerprint density at radius 2 is 1.18 bits per heavy atom. The van der Waals surface area contributed by atoms with Crippen molar-refractivity contribution in [2.24, 2.45) is 0 Å². The van der Waals surface area contributed by atoms with Crippen LogP contribution in [0.15, 0.2) is 48.5 Å². The first kappa shape index (κ1) is 17.1. The molecule has 116 valence electrons. The van der Waals surface area contributed by atoms with Gasteiger partial charge in [-0.3, -0.25) is 4.79 Å². The van der Waals surface area contributed by atoms with Crippen LogP contribution in [0.4, 0.5) is 0 Å². The predicted molar refractivity (Wildman–Crippen MR) is 94.0 cm³/mol. The summed E-state index contributed by atoms with van der Waals surface area (Å²) in [5.74, 6) is -0.212. The Balaban J connectivity index is 2.39. The van der Waals surface area contributed by atoms with Crippen molar-refractivity contribution in [2.75, 3.05) is 0 Å². The van der Waals surface area contributed by atoms with Gasteiger partial charge in [0.1, 0.15) is 5.78 Å². The van der Waals surface area contributed by atoms with Crippen molar-refractivity contribution in [1.29, 1.82) is 0 Å². The van der Waals surface area contributed by atoms with Gasteiger partial charge in [-0.15, -0.1) is 0 Å². The lowest BCUT2D eigenvalue weighted by molar-refractivity contribution is -0.122. The average Bonchev–Trinajstić information content (AvgIpc) is 2.52. The highest BCUT2D eigenvalue weighted by atomic mass is 35.5. The summed E-state index contributed by atoms with van der Waals surface area (Å²) in [5, 5.41) is 1.30. The summed E-state index contributed by atoms with van der Waals surface area (Å²) in [5.41, 5.74) is 1.81. The predicted octanol–water partition coefficient (Wildman–Crippen LogP) is 6.25. The van der Waals surface area contributed by atoms with Crippen LogP contribution in [0.5, 0.6) is 0 Å². The first-order chi connectivity index (χ1) is 10.6. The lowest BCUT2D eigenvalue weighted by Crippen LogP contribution is -2.20. The molecule has 22 heavy (non-hydrogen) atoms. The third-order valence-electron chi connectivity index (χ3n) is 4.06. The number of rotatable bonds is 6. The molecule has 2 aromatic carbocycles. The number of benzene rings is 2. The normalized spacial score (nSPS) is 13.6. The number of ketones is 1. The maximum Gasteiger partial charge on any atom is 0.147 e. The maximum atomic E-state index is 13.1. The molecular formula is C19H20Cl2O. The second-order valence-corrected chi connectivity index (χ2v) is 6.18. The molecule has 0 fully saturated rings. The van der Waals surface area contributed by atoms with Gasteiger partial charge in [-0.1, -0.05) is 73.4 Å². The number of carbonyl (C=O) groups excluding carboxylic acids is 1. The molecule has 0 saturated carbocycles. The van der Waals surface area contributed by atoms with Crippen LogP contribution in [0.2, 0.25) is 10.0 Å². The average molecular weight is 335 g/mol. The van der Waals surface area contributed by atoms with Gasteiger partial charge in [-0.2, -0.15) is 0 Å². The van der Waals surface area contributed by atoms with E-state index < -0.39 is 0 Å². The topological polar surface area (TPSA) is 17.1 Å². The van der Waals surface area contributed by atoms with Crippen molar-refractivity contribution in [3.8, 4) is 0 Å². The lowest BCUT2D eigenvalue weighted by atomic mass is 9.81. The highest BCUT2D eigenvalue weighted by molar-refractivity contribution is 6.32. The zero-order valence-electron chi connectivity index (χ0n) is 12.9. The summed E-state index contributed by atoms with van der Waals surface area (Å²) in [4.78, 5) is 13.1. The van der Waals surface area contributed by atoms with Crippen LogP contribution in [0.3, 0.4) is 0 Å². The van der Waals surface area contributed by atoms with Gasteiger partial charge in [0.2, 0.25) is 0 Å². The van der Waals surface area contributed by atoms with Crippen LogP contribution in [0.1, 0.15) is 49.7 Å². The van der Waals surface area contributed by atoms with Crippen molar-refractivity contribution in [1.82, 2.24) is 0 Å². The van der Waals surface area contributed by atoms with Crippen LogP contribution >= 0.6 is 23.2 Å². The van der Waals surface area contributed by atoms with Crippen molar-refractivity contribution >= 4 is 29.0 Å². The fraction of sp³-hybridized carbons (Fsp3) is 0.316. The molecule has 3 heteroatoms. The molecule has 1 nitrogen and oxygen atoms in total. The molecule has 0 heterocycles. The number of carbonyl (C=O) groups is 1. The van der Waals surface area contributed by atoms with E-state index >= 15 is 0 Å². The molecule has 0 bridgehead atoms. The molecule has 0 aromatic heterocycles. The number of Topliss-reactive ketones (excluding diaryl/α,β-unsaturated/α-hetero) is 1. The van der Waals surface area contributed by atoms with Gasteiger partial charge in [-0.25, -0.2) is 0 Å². The van der Waals surface area contributed by atoms with Crippen molar-refractivity contribution in [2.45, 2.75) is 38.5 Å². The van der Waals surface area contributed by atoms with E-state index in [0.717, 1.165) is 24.0 Å². The molecular weight excluding hydrogens is 315 g/mol. The molecule has 0 aliphatic carbocycles. The standard InChI is InChI=1S/C19H20Cl2O/c1-3-13(15-9-5-7-11-17(15)20)19(22)14(4-2)16-10-6-8-12-18(16)21/h5-14H,3-4H2,1-2H3. The van der Waals surface area contributed by atoms with E-state index in [1.165, 1.54) is 0 Å². The minimum absolute atomic E-state index is 0.186. The molecule has 2 rings (SSSR count). The van der Waals surface area contributed by atoms with E-state index in [-0.39, 0.29) is 17.6 Å². The van der Waals surface area contributed by atoms with E-state index in [1.807, 2.05) is 62.4 Å². The molecule has 0 saturated heterocycles. The summed E-state index contributed by atoms with van der Waals surface area (Å²) < 4.78 is 0. The summed E-state index contributed by atoms with van der Waals surface area (Å²) in [7, 11) is 0. The SMILES string of the molecule is CCC(C(=O)C(CC)c1ccccc1Cl)c1ccccc1Cl. The second kappa shape index (κ2) is 7.80. The molecule has 0 radical (unpaired) electrons. The molecule has 2 unspecified atom stereocenters. The maximum absolute atomic E-state index is 13.1. The van der Waals surface area contributed by atoms with Gasteiger partial charge in [0, 0.05) is 21.9 Å². The lowest BCUT2D eigenvalue weighted by Gasteiger charge is -2.23. The Labute approximate surface area is 142 Å². The Hall–Kier alpha value is -1.31. The summed E-state index contributed by atoms with van der Waals surface area (Å²) in [6, 6.07) is 15.2. The van der Waals surface area contributed by atoms with E-state index in [2.05, 4.69) is 0 Å². The number of halogens is 2. The molecule has 2 aromatic rings. The van der Waals surface area contributed by atoms with Crippen LogP contribution in [-0.2, 0) is 4.79 Å². The van der Waals surface area contributed by atoms with Gasteiger partial charge in [0.15, 0.2) is 0 Å². The van der Waals surface area contributed by atoms with Crippen LogP contribution in [0, 0.1) is 0 Å². The highest BCUT2D eigenvalue weighted by Crippen LogP contribution is 2.36. The first-order valence-corrected chi connectivity index (χ1v) is 8.38. The molecule has 0 spiro atoms. The molecule has 0 N–H and O–H groups in total. The van der Waals surface area contributed by atoms with E-state index in [0.29, 0.717) is 10.0 Å². The number of hydrogen-bond acceptors (Lipinski definition) is 1. The van der Waals surface area contributed by atoms with E-state index in [1.54, 1.807) is 0 Å². The third kappa shape index (κ3) is 3.53. The zero-order valence-corrected chi connectivity index (χ0v) is 14.4. The fourth-order valence-electron chi connectivity index (χ4n) is 2.91. The van der Waals surface area contributed by atoms with Gasteiger partial charge < -0.3 is 0 Å². The van der Waals surface area contributed by atoms with E-state index in [9.17, 15) is 4.79 Å². The third-order valence-corrected chi connectivity index (χ3v) is 4.75. The Morgan fingerprint density at radius 1 is 0.818 bits per heavy atom. The van der Waals surface area contributed by atoms with Gasteiger partial charge in [0.05, 0.1) is 0 Å².